The summed E-state index contributed by atoms with van der Waals surface area (Å²) in [6.07, 6.45) is 3.35. The Hall–Kier alpha value is -3.84. The van der Waals surface area contributed by atoms with E-state index in [1.165, 1.54) is 11.0 Å². The number of fused-ring (bicyclic) bond motifs is 1. The number of ether oxygens (including phenoxy) is 2. The van der Waals surface area contributed by atoms with Crippen molar-refractivity contribution in [2.24, 2.45) is 7.05 Å². The van der Waals surface area contributed by atoms with Crippen molar-refractivity contribution in [1.82, 2.24) is 24.0 Å². The number of para-hydroxylation sites is 1. The van der Waals surface area contributed by atoms with Crippen LogP contribution in [-0.2, 0) is 18.3 Å². The molecule has 36 heavy (non-hydrogen) atoms. The normalized spacial score (nSPS) is 16.1. The van der Waals surface area contributed by atoms with Crippen LogP contribution in [-0.4, -0.2) is 69.3 Å². The zero-order chi connectivity index (χ0) is 25.1. The van der Waals surface area contributed by atoms with E-state index in [2.05, 4.69) is 21.7 Å². The van der Waals surface area contributed by atoms with Gasteiger partial charge in [-0.3, -0.25) is 18.7 Å². The van der Waals surface area contributed by atoms with Crippen LogP contribution < -0.4 is 15.2 Å². The van der Waals surface area contributed by atoms with Crippen LogP contribution in [0.25, 0.3) is 11.2 Å². The molecule has 2 aliphatic rings. The van der Waals surface area contributed by atoms with Crippen molar-refractivity contribution in [3.05, 3.63) is 40.2 Å². The lowest BCUT2D eigenvalue weighted by Gasteiger charge is -2.27. The molecule has 0 atom stereocenters. The van der Waals surface area contributed by atoms with Crippen molar-refractivity contribution in [1.29, 1.82) is 0 Å². The minimum absolute atomic E-state index is 0.0751. The lowest BCUT2D eigenvalue weighted by atomic mass is 10.1. The number of amides is 1. The Kier molecular flexibility index (Phi) is 6.91. The number of rotatable bonds is 5. The maximum atomic E-state index is 13.5. The molecule has 188 valence electrons. The van der Waals surface area contributed by atoms with Gasteiger partial charge in [-0.15, -0.1) is 5.92 Å². The Morgan fingerprint density at radius 1 is 1.08 bits per heavy atom. The fourth-order valence-corrected chi connectivity index (χ4v) is 4.63. The molecule has 2 aliphatic heterocycles. The molecule has 0 saturated carbocycles. The first-order valence-corrected chi connectivity index (χ1v) is 12.3. The van der Waals surface area contributed by atoms with Gasteiger partial charge in [0.05, 0.1) is 25.3 Å². The van der Waals surface area contributed by atoms with Crippen LogP contribution in [0.3, 0.4) is 0 Å². The monoisotopic (exact) mass is 490 g/mol. The summed E-state index contributed by atoms with van der Waals surface area (Å²) in [5.74, 6) is 6.87. The van der Waals surface area contributed by atoms with Gasteiger partial charge in [-0.2, -0.15) is 9.97 Å². The van der Waals surface area contributed by atoms with Gasteiger partial charge in [-0.25, -0.2) is 0 Å². The van der Waals surface area contributed by atoms with Crippen LogP contribution in [0, 0.1) is 11.8 Å². The molecule has 2 fully saturated rings. The summed E-state index contributed by atoms with van der Waals surface area (Å²) < 4.78 is 14.7. The highest BCUT2D eigenvalue weighted by atomic mass is 16.5. The predicted molar refractivity (Wildman–Crippen MR) is 136 cm³/mol. The molecule has 5 rings (SSSR count). The highest BCUT2D eigenvalue weighted by Crippen LogP contribution is 2.28. The average molecular weight is 491 g/mol. The second kappa shape index (κ2) is 10.4. The van der Waals surface area contributed by atoms with Gasteiger partial charge in [0.2, 0.25) is 5.95 Å². The van der Waals surface area contributed by atoms with E-state index in [4.69, 9.17) is 14.5 Å². The Morgan fingerprint density at radius 3 is 2.58 bits per heavy atom. The van der Waals surface area contributed by atoms with E-state index in [0.717, 1.165) is 25.9 Å². The second-order valence-corrected chi connectivity index (χ2v) is 8.91. The molecule has 0 radical (unpaired) electrons. The number of hydrogen-bond acceptors (Lipinski definition) is 7. The third kappa shape index (κ3) is 4.54. The lowest BCUT2D eigenvalue weighted by molar-refractivity contribution is 0.0301. The number of imidazole rings is 1. The number of hydrogen-bond donors (Lipinski definition) is 0. The van der Waals surface area contributed by atoms with Gasteiger partial charge in [0.1, 0.15) is 5.75 Å². The standard InChI is InChI=1S/C26H30N6O4/c1-3-4-14-32-21-22(27-25(32)31-12-8-5-9-13-31)28-26(29(2)24(21)34)36-20-11-7-6-10-19(20)23(33)30-15-17-35-18-16-30/h6-7,10-11H,5,8-9,12-18H2,1-2H3. The van der Waals surface area contributed by atoms with Crippen molar-refractivity contribution in [3.63, 3.8) is 0 Å². The number of nitrogens with zero attached hydrogens (tertiary/aromatic N) is 6. The summed E-state index contributed by atoms with van der Waals surface area (Å²) in [5, 5.41) is 0. The van der Waals surface area contributed by atoms with Gasteiger partial charge in [-0.1, -0.05) is 18.1 Å². The third-order valence-electron chi connectivity index (χ3n) is 6.59. The van der Waals surface area contributed by atoms with Crippen molar-refractivity contribution in [2.75, 3.05) is 44.3 Å². The van der Waals surface area contributed by atoms with Crippen molar-refractivity contribution in [3.8, 4) is 23.6 Å². The minimum Gasteiger partial charge on any atom is -0.425 e. The van der Waals surface area contributed by atoms with Gasteiger partial charge >= 0.3 is 6.01 Å². The summed E-state index contributed by atoms with van der Waals surface area (Å²) >= 11 is 0. The largest absolute Gasteiger partial charge is 0.425 e. The minimum atomic E-state index is -0.277. The molecule has 4 heterocycles. The smallest absolute Gasteiger partial charge is 0.306 e. The molecular formula is C26H30N6O4. The first kappa shape index (κ1) is 23.9. The van der Waals surface area contributed by atoms with E-state index < -0.39 is 0 Å². The molecule has 1 amide bonds. The van der Waals surface area contributed by atoms with Crippen LogP contribution in [0.15, 0.2) is 29.1 Å². The van der Waals surface area contributed by atoms with Crippen molar-refractivity contribution < 1.29 is 14.3 Å². The number of carbonyl (C=O) groups excluding carboxylic acids is 1. The highest BCUT2D eigenvalue weighted by Gasteiger charge is 2.25. The maximum Gasteiger partial charge on any atom is 0.306 e. The van der Waals surface area contributed by atoms with Gasteiger partial charge in [-0.05, 0) is 38.3 Å². The average Bonchev–Trinajstić information content (AvgIpc) is 3.29. The summed E-state index contributed by atoms with van der Waals surface area (Å²) in [6, 6.07) is 7.08. The van der Waals surface area contributed by atoms with E-state index in [1.54, 1.807) is 43.1 Å². The predicted octanol–water partition coefficient (Wildman–Crippen LogP) is 2.41. The fraction of sp³-hybridized carbons (Fsp3) is 0.462. The number of aromatic nitrogens is 4. The van der Waals surface area contributed by atoms with E-state index in [9.17, 15) is 9.59 Å². The summed E-state index contributed by atoms with van der Waals surface area (Å²) in [7, 11) is 1.61. The molecule has 3 aromatic rings. The number of carbonyl (C=O) groups is 1. The molecule has 0 N–H and O–H groups in total. The molecular weight excluding hydrogens is 460 g/mol. The van der Waals surface area contributed by atoms with Crippen LogP contribution in [0.5, 0.6) is 11.8 Å². The highest BCUT2D eigenvalue weighted by molar-refractivity contribution is 5.97. The van der Waals surface area contributed by atoms with Crippen LogP contribution in [0.2, 0.25) is 0 Å². The SMILES string of the molecule is CC#CCn1c(N2CCCCC2)nc2nc(Oc3ccccc3C(=O)N3CCOCC3)n(C)c(=O)c21. The van der Waals surface area contributed by atoms with E-state index in [0.29, 0.717) is 61.3 Å². The maximum absolute atomic E-state index is 13.5. The number of anilines is 1. The molecule has 1 aromatic carbocycles. The topological polar surface area (TPSA) is 94.7 Å². The first-order chi connectivity index (χ1) is 17.6. The molecule has 0 unspecified atom stereocenters. The van der Waals surface area contributed by atoms with E-state index >= 15 is 0 Å². The number of morpholine rings is 1. The summed E-state index contributed by atoms with van der Waals surface area (Å²) in [4.78, 5) is 40.0. The summed E-state index contributed by atoms with van der Waals surface area (Å²) in [6.45, 7) is 5.94. The van der Waals surface area contributed by atoms with Gasteiger partial charge < -0.3 is 19.3 Å². The van der Waals surface area contributed by atoms with E-state index in [1.807, 2.05) is 4.57 Å². The van der Waals surface area contributed by atoms with Gasteiger partial charge in [0.15, 0.2) is 11.2 Å². The zero-order valence-electron chi connectivity index (χ0n) is 20.7. The van der Waals surface area contributed by atoms with Crippen LogP contribution in [0.4, 0.5) is 5.95 Å². The molecule has 0 spiro atoms. The molecule has 0 bridgehead atoms. The second-order valence-electron chi connectivity index (χ2n) is 8.91. The Labute approximate surface area is 209 Å². The number of piperidine rings is 1. The molecule has 2 aromatic heterocycles. The van der Waals surface area contributed by atoms with Crippen molar-refractivity contribution in [2.45, 2.75) is 32.7 Å². The van der Waals surface area contributed by atoms with Gasteiger partial charge in [0.25, 0.3) is 11.5 Å². The molecule has 10 nitrogen and oxygen atoms in total. The molecule has 2 saturated heterocycles. The van der Waals surface area contributed by atoms with Crippen LogP contribution >= 0.6 is 0 Å². The zero-order valence-corrected chi connectivity index (χ0v) is 20.7. The lowest BCUT2D eigenvalue weighted by Crippen LogP contribution is -2.40. The quantitative estimate of drug-likeness (QED) is 0.507. The Bertz CT molecular complexity index is 1390. The number of benzene rings is 1. The van der Waals surface area contributed by atoms with Crippen LogP contribution in [0.1, 0.15) is 36.5 Å². The Balaban J connectivity index is 1.54. The fourth-order valence-electron chi connectivity index (χ4n) is 4.63. The van der Waals surface area contributed by atoms with Gasteiger partial charge in [0, 0.05) is 33.2 Å². The van der Waals surface area contributed by atoms with E-state index in [-0.39, 0.29) is 17.5 Å². The Morgan fingerprint density at radius 2 is 1.83 bits per heavy atom. The summed E-state index contributed by atoms with van der Waals surface area (Å²) in [5.41, 5.74) is 0.835. The van der Waals surface area contributed by atoms with Crippen molar-refractivity contribution >= 4 is 23.0 Å². The molecule has 10 heteroatoms. The first-order valence-electron chi connectivity index (χ1n) is 12.3. The molecule has 0 aliphatic carbocycles. The third-order valence-corrected chi connectivity index (χ3v) is 6.59.